The number of anilines is 2. The summed E-state index contributed by atoms with van der Waals surface area (Å²) in [4.78, 5) is 33.6. The predicted molar refractivity (Wildman–Crippen MR) is 157 cm³/mol. The Hall–Kier alpha value is -4.53. The van der Waals surface area contributed by atoms with Crippen molar-refractivity contribution in [2.75, 3.05) is 38.1 Å². The molecule has 1 unspecified atom stereocenters. The van der Waals surface area contributed by atoms with Crippen LogP contribution in [0.1, 0.15) is 43.9 Å². The zero-order chi connectivity index (χ0) is 29.1. The number of aromatic nitrogens is 1. The first-order chi connectivity index (χ1) is 19.7. The predicted octanol–water partition coefficient (Wildman–Crippen LogP) is 5.04. The van der Waals surface area contributed by atoms with Crippen molar-refractivity contribution < 1.29 is 23.8 Å². The van der Waals surface area contributed by atoms with Gasteiger partial charge in [0.25, 0.3) is 0 Å². The molecule has 0 radical (unpaired) electrons. The smallest absolute Gasteiger partial charge is 0.239 e. The summed E-state index contributed by atoms with van der Waals surface area (Å²) in [5.74, 6) is 1.25. The maximum Gasteiger partial charge on any atom is 0.239 e. The lowest BCUT2D eigenvalue weighted by Gasteiger charge is -2.38. The zero-order valence-electron chi connectivity index (χ0n) is 24.1. The van der Waals surface area contributed by atoms with E-state index in [0.29, 0.717) is 42.2 Å². The third-order valence-electron chi connectivity index (χ3n) is 7.53. The van der Waals surface area contributed by atoms with Crippen LogP contribution in [0, 0.1) is 5.41 Å². The largest absolute Gasteiger partial charge is 0.493 e. The van der Waals surface area contributed by atoms with Gasteiger partial charge in [-0.05, 0) is 53.3 Å². The van der Waals surface area contributed by atoms with Gasteiger partial charge in [0, 0.05) is 36.6 Å². The van der Waals surface area contributed by atoms with E-state index in [9.17, 15) is 9.59 Å². The van der Waals surface area contributed by atoms with Crippen LogP contribution >= 0.6 is 0 Å². The van der Waals surface area contributed by atoms with E-state index in [0.717, 1.165) is 28.2 Å². The Labute approximate surface area is 240 Å². The first-order valence-electron chi connectivity index (χ1n) is 13.6. The summed E-state index contributed by atoms with van der Waals surface area (Å²) in [6, 6.07) is 14.7. The Morgan fingerprint density at radius 2 is 1.78 bits per heavy atom. The second kappa shape index (κ2) is 11.5. The Morgan fingerprint density at radius 1 is 1.05 bits per heavy atom. The van der Waals surface area contributed by atoms with Crippen LogP contribution in [0.25, 0.3) is 0 Å². The van der Waals surface area contributed by atoms with E-state index in [1.165, 1.54) is 0 Å². The zero-order valence-corrected chi connectivity index (χ0v) is 24.1. The van der Waals surface area contributed by atoms with Crippen molar-refractivity contribution in [2.45, 2.75) is 39.3 Å². The van der Waals surface area contributed by atoms with Gasteiger partial charge in [-0.1, -0.05) is 32.0 Å². The molecule has 0 saturated heterocycles. The topological polar surface area (TPSA) is 102 Å². The quantitative estimate of drug-likeness (QED) is 0.398. The number of nitrogens with one attached hydrogen (secondary N) is 2. The lowest BCUT2D eigenvalue weighted by atomic mass is 9.73. The first kappa shape index (κ1) is 28.0. The van der Waals surface area contributed by atoms with Crippen LogP contribution < -0.4 is 29.7 Å². The van der Waals surface area contributed by atoms with Crippen LogP contribution in [0.15, 0.2) is 72.2 Å². The monoisotopic (exact) mass is 556 g/mol. The summed E-state index contributed by atoms with van der Waals surface area (Å²) in [6.45, 7) is 4.56. The average Bonchev–Trinajstić information content (AvgIpc) is 3.09. The number of allylic oxidation sites excluding steroid dienone is 1. The number of para-hydroxylation sites is 2. The molecule has 1 aromatic heterocycles. The van der Waals surface area contributed by atoms with E-state index >= 15 is 0 Å². The fraction of sp³-hybridized carbons (Fsp3) is 0.344. The van der Waals surface area contributed by atoms with Crippen molar-refractivity contribution in [1.82, 2.24) is 10.3 Å². The van der Waals surface area contributed by atoms with Gasteiger partial charge in [0.05, 0.1) is 45.3 Å². The van der Waals surface area contributed by atoms with Gasteiger partial charge in [0.1, 0.15) is 0 Å². The van der Waals surface area contributed by atoms with Crippen molar-refractivity contribution in [1.29, 1.82) is 0 Å². The number of rotatable bonds is 8. The minimum absolute atomic E-state index is 0.00767. The standard InChI is InChI=1S/C32H36N4O5/c1-32(2)15-23-29(25(37)16-32)30(21-13-26(39-3)31(41-5)27(14-21)40-4)36(24-11-7-6-10-22(24)35-23)19-28(38)34-18-20-9-8-12-33-17-20/h6-14,17,30,35H,15-16,18-19H2,1-5H3,(H,34,38). The summed E-state index contributed by atoms with van der Waals surface area (Å²) in [6.07, 6.45) is 4.50. The number of methoxy groups -OCH3 is 3. The third kappa shape index (κ3) is 5.70. The van der Waals surface area contributed by atoms with Gasteiger partial charge in [0.2, 0.25) is 11.7 Å². The van der Waals surface area contributed by atoms with E-state index in [1.54, 1.807) is 33.7 Å². The van der Waals surface area contributed by atoms with E-state index < -0.39 is 6.04 Å². The number of carbonyl (C=O) groups excluding carboxylic acids is 2. The van der Waals surface area contributed by atoms with Gasteiger partial charge in [-0.3, -0.25) is 14.6 Å². The highest BCUT2D eigenvalue weighted by Crippen LogP contribution is 2.50. The van der Waals surface area contributed by atoms with Crippen LogP contribution in [0.4, 0.5) is 11.4 Å². The van der Waals surface area contributed by atoms with Gasteiger partial charge >= 0.3 is 0 Å². The molecule has 9 nitrogen and oxygen atoms in total. The van der Waals surface area contributed by atoms with Crippen LogP contribution in [0.5, 0.6) is 17.2 Å². The molecule has 2 aromatic carbocycles. The number of ketones is 1. The summed E-state index contributed by atoms with van der Waals surface area (Å²) in [5, 5.41) is 6.60. The molecular formula is C32H36N4O5. The van der Waals surface area contributed by atoms with Crippen LogP contribution in [-0.2, 0) is 16.1 Å². The fourth-order valence-corrected chi connectivity index (χ4v) is 5.75. The number of hydrogen-bond donors (Lipinski definition) is 2. The molecule has 0 spiro atoms. The van der Waals surface area contributed by atoms with Crippen molar-refractivity contribution in [3.8, 4) is 17.2 Å². The van der Waals surface area contributed by atoms with E-state index in [1.807, 2.05) is 53.4 Å². The minimum Gasteiger partial charge on any atom is -0.493 e. The third-order valence-corrected chi connectivity index (χ3v) is 7.53. The summed E-state index contributed by atoms with van der Waals surface area (Å²) >= 11 is 0. The lowest BCUT2D eigenvalue weighted by Crippen LogP contribution is -2.42. The Kier molecular flexibility index (Phi) is 7.88. The second-order valence-electron chi connectivity index (χ2n) is 11.1. The molecule has 1 atom stereocenters. The molecule has 0 fully saturated rings. The molecule has 1 amide bonds. The van der Waals surface area contributed by atoms with E-state index in [-0.39, 0.29) is 23.7 Å². The summed E-state index contributed by atoms with van der Waals surface area (Å²) < 4.78 is 16.9. The Bertz CT molecular complexity index is 1460. The lowest BCUT2D eigenvalue weighted by molar-refractivity contribution is -0.120. The highest BCUT2D eigenvalue weighted by molar-refractivity contribution is 6.02. The second-order valence-corrected chi connectivity index (χ2v) is 11.1. The molecule has 9 heteroatoms. The van der Waals surface area contributed by atoms with Crippen molar-refractivity contribution in [2.24, 2.45) is 5.41 Å². The first-order valence-corrected chi connectivity index (χ1v) is 13.6. The van der Waals surface area contributed by atoms with Crippen LogP contribution in [-0.4, -0.2) is 44.5 Å². The minimum atomic E-state index is -0.595. The number of nitrogens with zero attached hydrogens (tertiary/aromatic N) is 2. The van der Waals surface area contributed by atoms with Crippen molar-refractivity contribution >= 4 is 23.1 Å². The van der Waals surface area contributed by atoms with Crippen LogP contribution in [0.3, 0.4) is 0 Å². The molecule has 2 aliphatic rings. The number of benzene rings is 2. The molecule has 0 bridgehead atoms. The molecule has 1 aliphatic carbocycles. The molecule has 214 valence electrons. The SMILES string of the molecule is COc1cc(C2C3=C(CC(C)(C)CC3=O)Nc3ccccc3N2CC(=O)NCc2cccnc2)cc(OC)c1OC. The molecule has 2 N–H and O–H groups in total. The number of hydrogen-bond acceptors (Lipinski definition) is 8. The summed E-state index contributed by atoms with van der Waals surface area (Å²) in [7, 11) is 4.68. The molecule has 0 saturated carbocycles. The normalized spacial score (nSPS) is 17.5. The van der Waals surface area contributed by atoms with Gasteiger partial charge in [-0.2, -0.15) is 0 Å². The molecule has 41 heavy (non-hydrogen) atoms. The van der Waals surface area contributed by atoms with Gasteiger partial charge in [-0.15, -0.1) is 0 Å². The average molecular weight is 557 g/mol. The maximum absolute atomic E-state index is 14.0. The molecule has 5 rings (SSSR count). The van der Waals surface area contributed by atoms with Crippen LogP contribution in [0.2, 0.25) is 0 Å². The van der Waals surface area contributed by atoms with Gasteiger partial charge < -0.3 is 29.7 Å². The Balaban J connectivity index is 1.66. The highest BCUT2D eigenvalue weighted by atomic mass is 16.5. The van der Waals surface area contributed by atoms with Crippen molar-refractivity contribution in [3.05, 3.63) is 83.3 Å². The number of fused-ring (bicyclic) bond motifs is 1. The van der Waals surface area contributed by atoms with Gasteiger partial charge in [-0.25, -0.2) is 0 Å². The maximum atomic E-state index is 14.0. The van der Waals surface area contributed by atoms with E-state index in [4.69, 9.17) is 14.2 Å². The van der Waals surface area contributed by atoms with Gasteiger partial charge in [0.15, 0.2) is 17.3 Å². The highest BCUT2D eigenvalue weighted by Gasteiger charge is 2.42. The number of carbonyl (C=O) groups is 2. The number of pyridine rings is 1. The number of amides is 1. The number of Topliss-reactive ketones (excluding diaryl/α,β-unsaturated/α-hetero) is 1. The number of ether oxygens (including phenoxy) is 3. The summed E-state index contributed by atoms with van der Waals surface area (Å²) in [5.41, 5.74) is 4.57. The fourth-order valence-electron chi connectivity index (χ4n) is 5.75. The van der Waals surface area contributed by atoms with Crippen molar-refractivity contribution in [3.63, 3.8) is 0 Å². The van der Waals surface area contributed by atoms with E-state index in [2.05, 4.69) is 29.5 Å². The molecular weight excluding hydrogens is 520 g/mol. The molecule has 1 aliphatic heterocycles. The molecule has 2 heterocycles. The Morgan fingerprint density at radius 3 is 2.44 bits per heavy atom. The molecule has 3 aromatic rings.